The summed E-state index contributed by atoms with van der Waals surface area (Å²) in [5.41, 5.74) is 2.85. The molecule has 0 unspecified atom stereocenters. The van der Waals surface area contributed by atoms with Crippen LogP contribution in [0.3, 0.4) is 0 Å². The lowest BCUT2D eigenvalue weighted by Gasteiger charge is -2.24. The summed E-state index contributed by atoms with van der Waals surface area (Å²) in [5, 5.41) is 2.95. The summed E-state index contributed by atoms with van der Waals surface area (Å²) in [6.45, 7) is 6.37. The molecule has 0 saturated heterocycles. The van der Waals surface area contributed by atoms with Crippen molar-refractivity contribution in [1.29, 1.82) is 0 Å². The molecule has 15 heavy (non-hydrogen) atoms. The minimum Gasteiger partial charge on any atom is -0.350 e. The van der Waals surface area contributed by atoms with Crippen molar-refractivity contribution in [3.05, 3.63) is 24.5 Å². The SMILES string of the molecule is CCC(C)(C)NC(=O)CNn1cccc1. The average Bonchev–Trinajstić information content (AvgIpc) is 2.66. The second-order valence-electron chi connectivity index (χ2n) is 4.21. The fourth-order valence-corrected chi connectivity index (χ4v) is 1.11. The number of carbonyl (C=O) groups excluding carboxylic acids is 1. The number of hydrogen-bond acceptors (Lipinski definition) is 2. The van der Waals surface area contributed by atoms with E-state index >= 15 is 0 Å². The lowest BCUT2D eigenvalue weighted by molar-refractivity contribution is -0.121. The molecule has 84 valence electrons. The Bertz CT molecular complexity index is 304. The molecule has 4 nitrogen and oxygen atoms in total. The molecule has 0 radical (unpaired) electrons. The van der Waals surface area contributed by atoms with E-state index in [0.717, 1.165) is 6.42 Å². The smallest absolute Gasteiger partial charge is 0.241 e. The van der Waals surface area contributed by atoms with Crippen LogP contribution in [0.25, 0.3) is 0 Å². The first-order valence-corrected chi connectivity index (χ1v) is 5.21. The first kappa shape index (κ1) is 11.6. The second kappa shape index (κ2) is 4.87. The maximum absolute atomic E-state index is 11.5. The fraction of sp³-hybridized carbons (Fsp3) is 0.545. The molecule has 1 rings (SSSR count). The van der Waals surface area contributed by atoms with Gasteiger partial charge in [-0.1, -0.05) is 6.92 Å². The van der Waals surface area contributed by atoms with Crippen LogP contribution in [-0.2, 0) is 4.79 Å². The third-order valence-corrected chi connectivity index (χ3v) is 2.39. The van der Waals surface area contributed by atoms with Crippen LogP contribution < -0.4 is 10.7 Å². The highest BCUT2D eigenvalue weighted by atomic mass is 16.2. The van der Waals surface area contributed by atoms with E-state index in [1.165, 1.54) is 0 Å². The van der Waals surface area contributed by atoms with Crippen molar-refractivity contribution in [1.82, 2.24) is 9.99 Å². The summed E-state index contributed by atoms with van der Waals surface area (Å²) in [5.74, 6) is 0.00977. The number of nitrogens with one attached hydrogen (secondary N) is 2. The number of rotatable bonds is 5. The lowest BCUT2D eigenvalue weighted by Crippen LogP contribution is -2.45. The maximum atomic E-state index is 11.5. The van der Waals surface area contributed by atoms with Gasteiger partial charge in [-0.2, -0.15) is 0 Å². The highest BCUT2D eigenvalue weighted by molar-refractivity contribution is 5.79. The molecular formula is C11H19N3O. The predicted molar refractivity (Wildman–Crippen MR) is 61.2 cm³/mol. The molecule has 0 aliphatic heterocycles. The molecule has 0 aliphatic carbocycles. The van der Waals surface area contributed by atoms with Crippen LogP contribution in [0.4, 0.5) is 0 Å². The van der Waals surface area contributed by atoms with Crippen LogP contribution in [0.2, 0.25) is 0 Å². The van der Waals surface area contributed by atoms with Crippen LogP contribution in [0, 0.1) is 0 Å². The third kappa shape index (κ3) is 4.06. The van der Waals surface area contributed by atoms with Gasteiger partial charge in [-0.05, 0) is 32.4 Å². The van der Waals surface area contributed by atoms with Crippen molar-refractivity contribution in [3.8, 4) is 0 Å². The lowest BCUT2D eigenvalue weighted by atomic mass is 10.0. The Morgan fingerprint density at radius 2 is 1.93 bits per heavy atom. The van der Waals surface area contributed by atoms with Gasteiger partial charge in [0.15, 0.2) is 0 Å². The van der Waals surface area contributed by atoms with Crippen molar-refractivity contribution in [2.75, 3.05) is 12.0 Å². The summed E-state index contributed by atoms with van der Waals surface area (Å²) in [4.78, 5) is 11.5. The van der Waals surface area contributed by atoms with Gasteiger partial charge in [-0.15, -0.1) is 0 Å². The number of hydrogen-bond donors (Lipinski definition) is 2. The molecule has 0 aromatic carbocycles. The summed E-state index contributed by atoms with van der Waals surface area (Å²) in [7, 11) is 0. The van der Waals surface area contributed by atoms with Gasteiger partial charge in [0.2, 0.25) is 5.91 Å². The van der Waals surface area contributed by atoms with Gasteiger partial charge in [0.1, 0.15) is 6.54 Å². The molecule has 1 aromatic heterocycles. The quantitative estimate of drug-likeness (QED) is 0.768. The van der Waals surface area contributed by atoms with E-state index in [1.807, 2.05) is 38.4 Å². The molecule has 0 saturated carbocycles. The molecule has 0 fully saturated rings. The standard InChI is InChI=1S/C11H19N3O/c1-4-11(2,3)13-10(15)9-12-14-7-5-6-8-14/h5-8,12H,4,9H2,1-3H3,(H,13,15). The van der Waals surface area contributed by atoms with E-state index < -0.39 is 0 Å². The minimum atomic E-state index is -0.130. The van der Waals surface area contributed by atoms with Gasteiger partial charge in [0.25, 0.3) is 0 Å². The molecule has 1 heterocycles. The van der Waals surface area contributed by atoms with Crippen LogP contribution >= 0.6 is 0 Å². The van der Waals surface area contributed by atoms with Gasteiger partial charge in [0, 0.05) is 17.9 Å². The van der Waals surface area contributed by atoms with Gasteiger partial charge >= 0.3 is 0 Å². The zero-order valence-electron chi connectivity index (χ0n) is 9.58. The number of aromatic nitrogens is 1. The molecular weight excluding hydrogens is 190 g/mol. The Morgan fingerprint density at radius 1 is 1.33 bits per heavy atom. The molecule has 1 aromatic rings. The van der Waals surface area contributed by atoms with Gasteiger partial charge in [0.05, 0.1) is 0 Å². The van der Waals surface area contributed by atoms with E-state index in [-0.39, 0.29) is 18.0 Å². The van der Waals surface area contributed by atoms with Crippen molar-refractivity contribution in [3.63, 3.8) is 0 Å². The molecule has 0 spiro atoms. The molecule has 1 amide bonds. The van der Waals surface area contributed by atoms with Crippen LogP contribution in [0.1, 0.15) is 27.2 Å². The molecule has 0 atom stereocenters. The Morgan fingerprint density at radius 3 is 2.47 bits per heavy atom. The predicted octanol–water partition coefficient (Wildman–Crippen LogP) is 1.34. The fourth-order valence-electron chi connectivity index (χ4n) is 1.11. The largest absolute Gasteiger partial charge is 0.350 e. The first-order valence-electron chi connectivity index (χ1n) is 5.21. The third-order valence-electron chi connectivity index (χ3n) is 2.39. The molecule has 0 bridgehead atoms. The highest BCUT2D eigenvalue weighted by Gasteiger charge is 2.17. The van der Waals surface area contributed by atoms with Gasteiger partial charge < -0.3 is 10.7 Å². The van der Waals surface area contributed by atoms with Crippen molar-refractivity contribution >= 4 is 5.91 Å². The van der Waals surface area contributed by atoms with Crippen molar-refractivity contribution in [2.24, 2.45) is 0 Å². The highest BCUT2D eigenvalue weighted by Crippen LogP contribution is 2.05. The number of amides is 1. The van der Waals surface area contributed by atoms with Crippen LogP contribution in [-0.4, -0.2) is 22.7 Å². The van der Waals surface area contributed by atoms with Crippen molar-refractivity contribution in [2.45, 2.75) is 32.7 Å². The topological polar surface area (TPSA) is 46.1 Å². The summed E-state index contributed by atoms with van der Waals surface area (Å²) >= 11 is 0. The zero-order chi connectivity index (χ0) is 11.3. The van der Waals surface area contributed by atoms with E-state index in [4.69, 9.17) is 0 Å². The Kier molecular flexibility index (Phi) is 3.77. The summed E-state index contributed by atoms with van der Waals surface area (Å²) in [6.07, 6.45) is 4.64. The molecule has 2 N–H and O–H groups in total. The van der Waals surface area contributed by atoms with E-state index in [9.17, 15) is 4.79 Å². The Hall–Kier alpha value is -1.45. The first-order chi connectivity index (χ1) is 7.03. The summed E-state index contributed by atoms with van der Waals surface area (Å²) < 4.78 is 1.76. The van der Waals surface area contributed by atoms with Gasteiger partial charge in [-0.3, -0.25) is 9.47 Å². The second-order valence-corrected chi connectivity index (χ2v) is 4.21. The normalized spacial score (nSPS) is 11.1. The van der Waals surface area contributed by atoms with Crippen LogP contribution in [0.15, 0.2) is 24.5 Å². The molecule has 0 aliphatic rings. The Balaban J connectivity index is 2.31. The number of carbonyl (C=O) groups is 1. The van der Waals surface area contributed by atoms with E-state index in [2.05, 4.69) is 17.7 Å². The minimum absolute atomic E-state index is 0.00977. The van der Waals surface area contributed by atoms with Crippen LogP contribution in [0.5, 0.6) is 0 Å². The van der Waals surface area contributed by atoms with Crippen molar-refractivity contribution < 1.29 is 4.79 Å². The van der Waals surface area contributed by atoms with E-state index in [1.54, 1.807) is 4.68 Å². The molecule has 4 heteroatoms. The maximum Gasteiger partial charge on any atom is 0.241 e. The average molecular weight is 209 g/mol. The monoisotopic (exact) mass is 209 g/mol. The number of nitrogens with zero attached hydrogens (tertiary/aromatic N) is 1. The zero-order valence-corrected chi connectivity index (χ0v) is 9.58. The Labute approximate surface area is 90.6 Å². The summed E-state index contributed by atoms with van der Waals surface area (Å²) in [6, 6.07) is 3.81. The van der Waals surface area contributed by atoms with Gasteiger partial charge in [-0.25, -0.2) is 0 Å². The van der Waals surface area contributed by atoms with E-state index in [0.29, 0.717) is 0 Å².